The molecule has 5 heteroatoms. The molecule has 21 heavy (non-hydrogen) atoms. The zero-order chi connectivity index (χ0) is 16.0. The summed E-state index contributed by atoms with van der Waals surface area (Å²) in [6.45, 7) is 11.5. The molecule has 0 radical (unpaired) electrons. The lowest BCUT2D eigenvalue weighted by atomic mass is 10.0. The molecule has 0 atom stereocenters. The van der Waals surface area contributed by atoms with Crippen molar-refractivity contribution in [3.63, 3.8) is 0 Å². The summed E-state index contributed by atoms with van der Waals surface area (Å²) in [5.74, 6) is -1.01. The van der Waals surface area contributed by atoms with Gasteiger partial charge in [-0.3, -0.25) is 0 Å². The molecule has 0 aliphatic carbocycles. The minimum Gasteiger partial charge on any atom is -0.478 e. The van der Waals surface area contributed by atoms with Crippen molar-refractivity contribution in [1.29, 1.82) is 0 Å². The molecule has 0 heterocycles. The topological polar surface area (TPSA) is 69.6 Å². The maximum absolute atomic E-state index is 12.1. The van der Waals surface area contributed by atoms with Gasteiger partial charge in [-0.1, -0.05) is 12.2 Å². The number of carboxylic acid groups (broad SMARTS) is 1. The van der Waals surface area contributed by atoms with E-state index in [1.165, 1.54) is 11.0 Å². The fourth-order valence-electron chi connectivity index (χ4n) is 1.91. The van der Waals surface area contributed by atoms with Crippen molar-refractivity contribution in [1.82, 2.24) is 4.90 Å². The van der Waals surface area contributed by atoms with E-state index in [0.29, 0.717) is 24.3 Å². The molecular weight excluding hydrogens is 268 g/mol. The summed E-state index contributed by atoms with van der Waals surface area (Å²) >= 11 is 0. The van der Waals surface area contributed by atoms with Crippen molar-refractivity contribution in [2.24, 2.45) is 0 Å². The maximum atomic E-state index is 12.1. The van der Waals surface area contributed by atoms with Crippen LogP contribution in [0.5, 0.6) is 0 Å². The third-order valence-electron chi connectivity index (χ3n) is 3.14. The second-order valence-corrected chi connectivity index (χ2v) is 4.68. The molecule has 1 aromatic carbocycles. The van der Waals surface area contributed by atoms with Crippen LogP contribution in [0.25, 0.3) is 0 Å². The number of anilines is 1. The molecule has 0 fully saturated rings. The lowest BCUT2D eigenvalue weighted by Gasteiger charge is -2.20. The van der Waals surface area contributed by atoms with E-state index in [2.05, 4.69) is 18.5 Å². The quantitative estimate of drug-likeness (QED) is 0.790. The van der Waals surface area contributed by atoms with E-state index in [4.69, 9.17) is 0 Å². The monoisotopic (exact) mass is 288 g/mol. The Kier molecular flexibility index (Phi) is 5.72. The zero-order valence-electron chi connectivity index (χ0n) is 12.3. The molecule has 0 aliphatic rings. The largest absolute Gasteiger partial charge is 0.478 e. The van der Waals surface area contributed by atoms with Gasteiger partial charge in [-0.25, -0.2) is 9.59 Å². The first kappa shape index (κ1) is 16.5. The Hall–Kier alpha value is -2.56. The summed E-state index contributed by atoms with van der Waals surface area (Å²) in [5, 5.41) is 11.9. The van der Waals surface area contributed by atoms with Crippen molar-refractivity contribution < 1.29 is 14.7 Å². The smallest absolute Gasteiger partial charge is 0.336 e. The van der Waals surface area contributed by atoms with Crippen LogP contribution in [0, 0.1) is 13.8 Å². The van der Waals surface area contributed by atoms with Crippen molar-refractivity contribution in [3.8, 4) is 0 Å². The number of hydrogen-bond donors (Lipinski definition) is 2. The Morgan fingerprint density at radius 2 is 1.81 bits per heavy atom. The molecule has 112 valence electrons. The SMILES string of the molecule is C=CCN(CC=C)C(=O)Nc1cc(C)c(C)c(C(=O)O)c1. The summed E-state index contributed by atoms with van der Waals surface area (Å²) in [5.41, 5.74) is 2.14. The van der Waals surface area contributed by atoms with E-state index in [1.807, 2.05) is 6.92 Å². The van der Waals surface area contributed by atoms with Crippen molar-refractivity contribution in [2.75, 3.05) is 18.4 Å². The molecule has 5 nitrogen and oxygen atoms in total. The third kappa shape index (κ3) is 4.21. The van der Waals surface area contributed by atoms with E-state index >= 15 is 0 Å². The van der Waals surface area contributed by atoms with Gasteiger partial charge in [0.15, 0.2) is 0 Å². The average molecular weight is 288 g/mol. The van der Waals surface area contributed by atoms with Gasteiger partial charge in [0.05, 0.1) is 5.56 Å². The van der Waals surface area contributed by atoms with Gasteiger partial charge in [0.25, 0.3) is 0 Å². The standard InChI is InChI=1S/C16H20N2O3/c1-5-7-18(8-6-2)16(21)17-13-9-11(3)12(4)14(10-13)15(19)20/h5-6,9-10H,1-2,7-8H2,3-4H3,(H,17,21)(H,19,20). The van der Waals surface area contributed by atoms with Crippen LogP contribution in [0.3, 0.4) is 0 Å². The number of carbonyl (C=O) groups excluding carboxylic acids is 1. The predicted octanol–water partition coefficient (Wildman–Crippen LogP) is 3.21. The number of benzene rings is 1. The van der Waals surface area contributed by atoms with Gasteiger partial charge in [0.1, 0.15) is 0 Å². The van der Waals surface area contributed by atoms with Gasteiger partial charge >= 0.3 is 12.0 Å². The molecule has 0 unspecified atom stereocenters. The van der Waals surface area contributed by atoms with Crippen molar-refractivity contribution >= 4 is 17.7 Å². The van der Waals surface area contributed by atoms with Crippen LogP contribution in [0.1, 0.15) is 21.5 Å². The van der Waals surface area contributed by atoms with Crippen LogP contribution in [0.2, 0.25) is 0 Å². The number of hydrogen-bond acceptors (Lipinski definition) is 2. The maximum Gasteiger partial charge on any atom is 0.336 e. The number of rotatable bonds is 6. The molecule has 2 N–H and O–H groups in total. The summed E-state index contributed by atoms with van der Waals surface area (Å²) in [4.78, 5) is 24.9. The Morgan fingerprint density at radius 1 is 1.24 bits per heavy atom. The predicted molar refractivity (Wildman–Crippen MR) is 83.9 cm³/mol. The second-order valence-electron chi connectivity index (χ2n) is 4.68. The molecule has 0 saturated carbocycles. The first-order valence-electron chi connectivity index (χ1n) is 6.53. The normalized spacial score (nSPS) is 9.81. The van der Waals surface area contributed by atoms with E-state index in [9.17, 15) is 14.7 Å². The summed E-state index contributed by atoms with van der Waals surface area (Å²) in [6, 6.07) is 2.89. The third-order valence-corrected chi connectivity index (χ3v) is 3.14. The first-order chi connectivity index (χ1) is 9.90. The number of carbonyl (C=O) groups is 2. The number of carboxylic acids is 1. The Bertz CT molecular complexity index is 569. The van der Waals surface area contributed by atoms with E-state index in [1.54, 1.807) is 25.1 Å². The highest BCUT2D eigenvalue weighted by Crippen LogP contribution is 2.20. The van der Waals surface area contributed by atoms with Crippen LogP contribution in [-0.4, -0.2) is 35.1 Å². The van der Waals surface area contributed by atoms with Crippen LogP contribution >= 0.6 is 0 Å². The summed E-state index contributed by atoms with van der Waals surface area (Å²) < 4.78 is 0. The molecule has 1 aromatic rings. The number of nitrogens with one attached hydrogen (secondary N) is 1. The average Bonchev–Trinajstić information content (AvgIpc) is 2.42. The fourth-order valence-corrected chi connectivity index (χ4v) is 1.91. The lowest BCUT2D eigenvalue weighted by molar-refractivity contribution is 0.0696. The van der Waals surface area contributed by atoms with Gasteiger partial charge in [0.2, 0.25) is 0 Å². The molecule has 2 amide bonds. The molecule has 0 aliphatic heterocycles. The number of aromatic carboxylic acids is 1. The highest BCUT2D eigenvalue weighted by Gasteiger charge is 2.14. The molecule has 1 rings (SSSR count). The highest BCUT2D eigenvalue weighted by atomic mass is 16.4. The molecule has 0 bridgehead atoms. The number of urea groups is 1. The highest BCUT2D eigenvalue weighted by molar-refractivity contribution is 5.94. The number of amides is 2. The minimum atomic E-state index is -1.01. The van der Waals surface area contributed by atoms with Gasteiger partial charge in [-0.2, -0.15) is 0 Å². The van der Waals surface area contributed by atoms with Gasteiger partial charge < -0.3 is 15.3 Å². The molecule has 0 spiro atoms. The van der Waals surface area contributed by atoms with Crippen LogP contribution in [0.4, 0.5) is 10.5 Å². The van der Waals surface area contributed by atoms with Crippen LogP contribution < -0.4 is 5.32 Å². The fraction of sp³-hybridized carbons (Fsp3) is 0.250. The molecule has 0 aromatic heterocycles. The second kappa shape index (κ2) is 7.28. The van der Waals surface area contributed by atoms with Crippen LogP contribution in [0.15, 0.2) is 37.4 Å². The van der Waals surface area contributed by atoms with Gasteiger partial charge in [-0.05, 0) is 37.1 Å². The molecular formula is C16H20N2O3. The van der Waals surface area contributed by atoms with E-state index < -0.39 is 5.97 Å². The van der Waals surface area contributed by atoms with Gasteiger partial charge in [0, 0.05) is 18.8 Å². The number of aryl methyl sites for hydroxylation is 1. The lowest BCUT2D eigenvalue weighted by Crippen LogP contribution is -2.35. The Labute approximate surface area is 124 Å². The van der Waals surface area contributed by atoms with Crippen molar-refractivity contribution in [3.05, 3.63) is 54.1 Å². The zero-order valence-corrected chi connectivity index (χ0v) is 12.3. The molecule has 0 saturated heterocycles. The summed E-state index contributed by atoms with van der Waals surface area (Å²) in [7, 11) is 0. The van der Waals surface area contributed by atoms with E-state index in [0.717, 1.165) is 5.56 Å². The number of nitrogens with zero attached hydrogens (tertiary/aromatic N) is 1. The van der Waals surface area contributed by atoms with Crippen molar-refractivity contribution in [2.45, 2.75) is 13.8 Å². The van der Waals surface area contributed by atoms with Crippen LogP contribution in [-0.2, 0) is 0 Å². The van der Waals surface area contributed by atoms with E-state index in [-0.39, 0.29) is 11.6 Å². The summed E-state index contributed by atoms with van der Waals surface area (Å²) in [6.07, 6.45) is 3.23. The Balaban J connectivity index is 3.01. The first-order valence-corrected chi connectivity index (χ1v) is 6.53. The Morgan fingerprint density at radius 3 is 2.29 bits per heavy atom. The minimum absolute atomic E-state index is 0.185. The van der Waals surface area contributed by atoms with Gasteiger partial charge in [-0.15, -0.1) is 13.2 Å².